The number of nitrogens with zero attached hydrogens (tertiary/aromatic N) is 2. The van der Waals surface area contributed by atoms with E-state index >= 15 is 0 Å². The molecule has 0 aliphatic carbocycles. The molecule has 0 aromatic carbocycles. The molecule has 23 heavy (non-hydrogen) atoms. The third-order valence-electron chi connectivity index (χ3n) is 3.84. The Labute approximate surface area is 139 Å². The van der Waals surface area contributed by atoms with Gasteiger partial charge in [-0.2, -0.15) is 0 Å². The smallest absolute Gasteiger partial charge is 0.416 e. The number of carbonyl (C=O) groups excluding carboxylic acids is 1. The summed E-state index contributed by atoms with van der Waals surface area (Å²) in [6.07, 6.45) is 5.14. The number of rotatable bonds is 3. The van der Waals surface area contributed by atoms with Crippen LogP contribution in [0.2, 0.25) is 0 Å². The van der Waals surface area contributed by atoms with Crippen LogP contribution in [0.25, 0.3) is 0 Å². The second-order valence-corrected chi connectivity index (χ2v) is 7.40. The average molecular weight is 319 g/mol. The van der Waals surface area contributed by atoms with E-state index in [1.807, 2.05) is 46.9 Å². The van der Waals surface area contributed by atoms with Gasteiger partial charge in [-0.05, 0) is 65.6 Å². The molecular weight excluding hydrogens is 290 g/mol. The average Bonchev–Trinajstić information content (AvgIpc) is 2.47. The Balaban J connectivity index is 2.14. The molecule has 0 spiro atoms. The van der Waals surface area contributed by atoms with Crippen LogP contribution in [0.4, 0.5) is 10.6 Å². The van der Waals surface area contributed by atoms with Gasteiger partial charge in [0.2, 0.25) is 0 Å². The third-order valence-corrected chi connectivity index (χ3v) is 3.84. The van der Waals surface area contributed by atoms with Crippen molar-refractivity contribution in [3.05, 3.63) is 23.9 Å². The zero-order chi connectivity index (χ0) is 17.0. The Morgan fingerprint density at radius 3 is 2.57 bits per heavy atom. The lowest BCUT2D eigenvalue weighted by atomic mass is 9.99. The monoisotopic (exact) mass is 319 g/mol. The fraction of sp³-hybridized carbons (Fsp3) is 0.667. The highest BCUT2D eigenvalue weighted by atomic mass is 16.6. The lowest BCUT2D eigenvalue weighted by Crippen LogP contribution is -2.41. The zero-order valence-electron chi connectivity index (χ0n) is 14.9. The molecule has 5 nitrogen and oxygen atoms in total. The minimum atomic E-state index is -0.518. The van der Waals surface area contributed by atoms with Gasteiger partial charge >= 0.3 is 6.09 Å². The summed E-state index contributed by atoms with van der Waals surface area (Å²) in [5, 5.41) is 3.52. The fourth-order valence-corrected chi connectivity index (χ4v) is 2.76. The van der Waals surface area contributed by atoms with Crippen molar-refractivity contribution < 1.29 is 9.53 Å². The van der Waals surface area contributed by atoms with Gasteiger partial charge in [-0.15, -0.1) is 0 Å². The largest absolute Gasteiger partial charge is 0.443 e. The van der Waals surface area contributed by atoms with Crippen molar-refractivity contribution in [1.29, 1.82) is 0 Å². The number of carbonyl (C=O) groups is 1. The number of nitrogens with one attached hydrogen (secondary N) is 1. The number of amides is 1. The summed E-state index contributed by atoms with van der Waals surface area (Å²) >= 11 is 0. The van der Waals surface area contributed by atoms with Crippen molar-refractivity contribution in [2.75, 3.05) is 11.4 Å². The van der Waals surface area contributed by atoms with Crippen molar-refractivity contribution in [2.45, 2.75) is 71.6 Å². The van der Waals surface area contributed by atoms with Crippen LogP contribution in [0.5, 0.6) is 0 Å². The molecule has 1 aromatic rings. The van der Waals surface area contributed by atoms with Crippen LogP contribution >= 0.6 is 0 Å². The highest BCUT2D eigenvalue weighted by Gasteiger charge is 2.26. The summed E-state index contributed by atoms with van der Waals surface area (Å²) in [6.45, 7) is 10.6. The standard InChI is InChI=1S/C18H29N3O2/c1-13(2)21(17(22)23-18(3,4)5)16-10-9-14(12-20-16)15-8-6-7-11-19-15/h9-10,12-13,15,19H,6-8,11H2,1-5H3. The number of pyridine rings is 1. The summed E-state index contributed by atoms with van der Waals surface area (Å²) in [7, 11) is 0. The van der Waals surface area contributed by atoms with E-state index in [4.69, 9.17) is 4.74 Å². The SMILES string of the molecule is CC(C)N(C(=O)OC(C)(C)C)c1ccc(C2CCCCN2)cn1. The maximum absolute atomic E-state index is 12.4. The maximum atomic E-state index is 12.4. The van der Waals surface area contributed by atoms with E-state index in [1.54, 1.807) is 4.90 Å². The van der Waals surface area contributed by atoms with Crippen LogP contribution < -0.4 is 10.2 Å². The summed E-state index contributed by atoms with van der Waals surface area (Å²) in [5.74, 6) is 0.633. The molecule has 2 rings (SSSR count). The number of piperidine rings is 1. The number of anilines is 1. The molecule has 2 heterocycles. The van der Waals surface area contributed by atoms with Gasteiger partial charge in [0, 0.05) is 18.3 Å². The van der Waals surface area contributed by atoms with Crippen molar-refractivity contribution in [3.8, 4) is 0 Å². The third kappa shape index (κ3) is 4.93. The first kappa shape index (κ1) is 17.7. The molecule has 1 aromatic heterocycles. The van der Waals surface area contributed by atoms with Gasteiger partial charge in [-0.3, -0.25) is 4.90 Å². The highest BCUT2D eigenvalue weighted by molar-refractivity contribution is 5.87. The van der Waals surface area contributed by atoms with Crippen molar-refractivity contribution in [1.82, 2.24) is 10.3 Å². The van der Waals surface area contributed by atoms with E-state index in [1.165, 1.54) is 18.4 Å². The summed E-state index contributed by atoms with van der Waals surface area (Å²) in [4.78, 5) is 18.6. The van der Waals surface area contributed by atoms with Crippen LogP contribution in [-0.4, -0.2) is 29.3 Å². The van der Waals surface area contributed by atoms with Gasteiger partial charge in [0.1, 0.15) is 11.4 Å². The molecule has 5 heteroatoms. The fourth-order valence-electron chi connectivity index (χ4n) is 2.76. The maximum Gasteiger partial charge on any atom is 0.416 e. The molecule has 1 aliphatic heterocycles. The van der Waals surface area contributed by atoms with Crippen LogP contribution in [0, 0.1) is 0 Å². The van der Waals surface area contributed by atoms with Crippen LogP contribution in [0.15, 0.2) is 18.3 Å². The van der Waals surface area contributed by atoms with Crippen molar-refractivity contribution in [3.63, 3.8) is 0 Å². The van der Waals surface area contributed by atoms with Gasteiger partial charge < -0.3 is 10.1 Å². The van der Waals surface area contributed by atoms with Crippen molar-refractivity contribution >= 4 is 11.9 Å². The summed E-state index contributed by atoms with van der Waals surface area (Å²) in [6, 6.07) is 4.33. The molecule has 1 saturated heterocycles. The molecule has 1 amide bonds. The van der Waals surface area contributed by atoms with Crippen LogP contribution in [0.1, 0.15) is 65.5 Å². The Morgan fingerprint density at radius 2 is 2.09 bits per heavy atom. The van der Waals surface area contributed by atoms with E-state index in [2.05, 4.69) is 16.4 Å². The molecule has 1 atom stereocenters. The molecule has 1 unspecified atom stereocenters. The van der Waals surface area contributed by atoms with E-state index in [0.717, 1.165) is 13.0 Å². The number of hydrogen-bond donors (Lipinski definition) is 1. The molecule has 1 aliphatic rings. The lowest BCUT2D eigenvalue weighted by molar-refractivity contribution is 0.0569. The molecular formula is C18H29N3O2. The number of aromatic nitrogens is 1. The van der Waals surface area contributed by atoms with E-state index in [9.17, 15) is 4.79 Å². The Kier molecular flexibility index (Phi) is 5.63. The molecule has 1 fully saturated rings. The van der Waals surface area contributed by atoms with E-state index < -0.39 is 5.60 Å². The summed E-state index contributed by atoms with van der Waals surface area (Å²) < 4.78 is 5.50. The number of ether oxygens (including phenoxy) is 1. The lowest BCUT2D eigenvalue weighted by Gasteiger charge is -2.30. The molecule has 128 valence electrons. The van der Waals surface area contributed by atoms with Gasteiger partial charge in [-0.25, -0.2) is 9.78 Å². The second kappa shape index (κ2) is 7.30. The molecule has 0 radical (unpaired) electrons. The van der Waals surface area contributed by atoms with Gasteiger partial charge in [0.25, 0.3) is 0 Å². The van der Waals surface area contributed by atoms with Gasteiger partial charge in [0.05, 0.1) is 0 Å². The van der Waals surface area contributed by atoms with Crippen LogP contribution in [0.3, 0.4) is 0 Å². The summed E-state index contributed by atoms with van der Waals surface area (Å²) in [5.41, 5.74) is 0.664. The normalized spacial score (nSPS) is 18.8. The Bertz CT molecular complexity index is 514. The van der Waals surface area contributed by atoms with Crippen LogP contribution in [-0.2, 0) is 4.74 Å². The molecule has 0 bridgehead atoms. The van der Waals surface area contributed by atoms with E-state index in [-0.39, 0.29) is 12.1 Å². The quantitative estimate of drug-likeness (QED) is 0.913. The topological polar surface area (TPSA) is 54.5 Å². The predicted molar refractivity (Wildman–Crippen MR) is 92.7 cm³/mol. The minimum Gasteiger partial charge on any atom is -0.443 e. The Morgan fingerprint density at radius 1 is 1.35 bits per heavy atom. The molecule has 1 N–H and O–H groups in total. The zero-order valence-corrected chi connectivity index (χ0v) is 14.9. The predicted octanol–water partition coefficient (Wildman–Crippen LogP) is 4.05. The van der Waals surface area contributed by atoms with Gasteiger partial charge in [0.15, 0.2) is 0 Å². The van der Waals surface area contributed by atoms with E-state index in [0.29, 0.717) is 11.9 Å². The number of hydrogen-bond acceptors (Lipinski definition) is 4. The highest BCUT2D eigenvalue weighted by Crippen LogP contribution is 2.25. The minimum absolute atomic E-state index is 0.0176. The Hall–Kier alpha value is -1.62. The van der Waals surface area contributed by atoms with Gasteiger partial charge in [-0.1, -0.05) is 12.5 Å². The molecule has 0 saturated carbocycles. The first-order valence-electron chi connectivity index (χ1n) is 8.49. The first-order valence-corrected chi connectivity index (χ1v) is 8.49. The first-order chi connectivity index (χ1) is 10.8. The van der Waals surface area contributed by atoms with Crippen molar-refractivity contribution in [2.24, 2.45) is 0 Å². The second-order valence-electron chi connectivity index (χ2n) is 7.40.